The van der Waals surface area contributed by atoms with Gasteiger partial charge < -0.3 is 14.5 Å². The second kappa shape index (κ2) is 9.70. The summed E-state index contributed by atoms with van der Waals surface area (Å²) >= 11 is 0. The Morgan fingerprint density at radius 1 is 1.14 bits per heavy atom. The minimum absolute atomic E-state index is 0.0516. The van der Waals surface area contributed by atoms with Crippen LogP contribution < -0.4 is 10.2 Å². The molecule has 9 nitrogen and oxygen atoms in total. The second-order valence-electron chi connectivity index (χ2n) is 12.1. The van der Waals surface area contributed by atoms with Crippen LogP contribution in [0.25, 0.3) is 0 Å². The molecule has 0 bridgehead atoms. The lowest BCUT2D eigenvalue weighted by Crippen LogP contribution is -2.40. The van der Waals surface area contributed by atoms with E-state index in [0.29, 0.717) is 29.9 Å². The Hall–Kier alpha value is -2.43. The Morgan fingerprint density at radius 2 is 1.78 bits per heavy atom. The lowest BCUT2D eigenvalue weighted by Gasteiger charge is -2.35. The third-order valence-corrected chi connectivity index (χ3v) is 13.3. The van der Waals surface area contributed by atoms with E-state index >= 15 is 0 Å². The summed E-state index contributed by atoms with van der Waals surface area (Å²) in [6.45, 7) is 12.9. The van der Waals surface area contributed by atoms with Gasteiger partial charge in [0.05, 0.1) is 35.7 Å². The summed E-state index contributed by atoms with van der Waals surface area (Å²) < 4.78 is 11.9. The fourth-order valence-electron chi connectivity index (χ4n) is 5.52. The van der Waals surface area contributed by atoms with Gasteiger partial charge in [0.2, 0.25) is 5.91 Å². The fourth-order valence-corrected chi connectivity index (χ4v) is 6.44. The van der Waals surface area contributed by atoms with Crippen molar-refractivity contribution in [3.63, 3.8) is 0 Å². The normalized spacial score (nSPS) is 20.1. The number of nitrogens with zero attached hydrogens (tertiary/aromatic N) is 5. The number of carbonyl (C=O) groups excluding carboxylic acids is 1. The summed E-state index contributed by atoms with van der Waals surface area (Å²) in [6.07, 6.45) is 9.02. The van der Waals surface area contributed by atoms with Crippen molar-refractivity contribution in [2.45, 2.75) is 95.4 Å². The lowest BCUT2D eigenvalue weighted by atomic mass is 9.80. The Kier molecular flexibility index (Phi) is 6.87. The Labute approximate surface area is 220 Å². The molecule has 37 heavy (non-hydrogen) atoms. The molecule has 1 saturated carbocycles. The van der Waals surface area contributed by atoms with Crippen LogP contribution in [0.1, 0.15) is 82.4 Å². The molecule has 1 N–H and O–H groups in total. The third kappa shape index (κ3) is 4.57. The number of aromatic nitrogens is 4. The quantitative estimate of drug-likeness (QED) is 0.514. The number of hydrogen-bond donors (Lipinski definition) is 1. The highest BCUT2D eigenvalue weighted by Gasteiger charge is 2.55. The van der Waals surface area contributed by atoms with Crippen LogP contribution in [-0.2, 0) is 26.0 Å². The van der Waals surface area contributed by atoms with Crippen LogP contribution in [0.3, 0.4) is 0 Å². The molecular weight excluding hydrogens is 484 g/mol. The van der Waals surface area contributed by atoms with Crippen LogP contribution in [0.4, 0.5) is 17.3 Å². The maximum atomic E-state index is 14.1. The van der Waals surface area contributed by atoms with E-state index in [0.717, 1.165) is 68.9 Å². The molecule has 2 aromatic heterocycles. The van der Waals surface area contributed by atoms with Crippen molar-refractivity contribution in [1.82, 2.24) is 19.9 Å². The lowest BCUT2D eigenvalue weighted by molar-refractivity contribution is -0.122. The molecule has 1 aliphatic carbocycles. The standard InChI is InChI=1S/C27H40N6O3Si/c1-26(2,3)37(5,6)36-17-20-31-23(28-4)21-24(32-20)33(25(34)27(21)11-7-8-12-27)19-15-29-22(30-16-19)18-9-13-35-14-10-18/h15-16,18H,7-14,17H2,1-6H3,(H,28,31,32). The highest BCUT2D eigenvalue weighted by atomic mass is 28.4. The minimum Gasteiger partial charge on any atom is -0.409 e. The summed E-state index contributed by atoms with van der Waals surface area (Å²) in [4.78, 5) is 35.1. The van der Waals surface area contributed by atoms with Gasteiger partial charge in [-0.2, -0.15) is 0 Å². The van der Waals surface area contributed by atoms with E-state index in [9.17, 15) is 4.79 Å². The SMILES string of the molecule is CNc1nc(CO[Si](C)(C)C(C)(C)C)nc2c1C1(CCCC1)C(=O)N2c1cnc(C2CCOCC2)nc1. The number of amides is 1. The van der Waals surface area contributed by atoms with E-state index in [-0.39, 0.29) is 10.9 Å². The van der Waals surface area contributed by atoms with Gasteiger partial charge >= 0.3 is 0 Å². The van der Waals surface area contributed by atoms with E-state index in [2.05, 4.69) is 39.2 Å². The summed E-state index contributed by atoms with van der Waals surface area (Å²) in [6, 6.07) is 0. The molecule has 2 fully saturated rings. The molecule has 1 saturated heterocycles. The first-order chi connectivity index (χ1) is 17.6. The molecule has 1 spiro atoms. The smallest absolute Gasteiger partial charge is 0.243 e. The largest absolute Gasteiger partial charge is 0.409 e. The molecule has 4 heterocycles. The van der Waals surface area contributed by atoms with Crippen LogP contribution in [-0.4, -0.2) is 54.4 Å². The average Bonchev–Trinajstić information content (AvgIpc) is 3.46. The zero-order valence-electron chi connectivity index (χ0n) is 23.1. The number of ether oxygens (including phenoxy) is 1. The van der Waals surface area contributed by atoms with E-state index < -0.39 is 13.7 Å². The van der Waals surface area contributed by atoms with Crippen molar-refractivity contribution in [1.29, 1.82) is 0 Å². The van der Waals surface area contributed by atoms with Crippen LogP contribution >= 0.6 is 0 Å². The van der Waals surface area contributed by atoms with Gasteiger partial charge in [0.1, 0.15) is 17.5 Å². The molecule has 200 valence electrons. The predicted octanol–water partition coefficient (Wildman–Crippen LogP) is 5.21. The van der Waals surface area contributed by atoms with Gasteiger partial charge in [-0.3, -0.25) is 9.69 Å². The maximum Gasteiger partial charge on any atom is 0.243 e. The van der Waals surface area contributed by atoms with Crippen LogP contribution in [0, 0.1) is 0 Å². The highest BCUT2D eigenvalue weighted by molar-refractivity contribution is 6.74. The first-order valence-corrected chi connectivity index (χ1v) is 16.5. The first-order valence-electron chi connectivity index (χ1n) is 13.5. The van der Waals surface area contributed by atoms with Crippen LogP contribution in [0.15, 0.2) is 12.4 Å². The van der Waals surface area contributed by atoms with Gasteiger partial charge in [-0.05, 0) is 43.8 Å². The van der Waals surface area contributed by atoms with Crippen molar-refractivity contribution >= 4 is 31.5 Å². The Bertz CT molecular complexity index is 1150. The monoisotopic (exact) mass is 524 g/mol. The molecule has 0 unspecified atom stereocenters. The Balaban J connectivity index is 1.53. The number of anilines is 3. The summed E-state index contributed by atoms with van der Waals surface area (Å²) in [5.74, 6) is 3.11. The van der Waals surface area contributed by atoms with Gasteiger partial charge in [-0.1, -0.05) is 33.6 Å². The van der Waals surface area contributed by atoms with Crippen molar-refractivity contribution in [3.05, 3.63) is 29.6 Å². The second-order valence-corrected chi connectivity index (χ2v) is 16.9. The van der Waals surface area contributed by atoms with Crippen LogP contribution in [0.2, 0.25) is 18.1 Å². The van der Waals surface area contributed by atoms with E-state index in [1.165, 1.54) is 0 Å². The zero-order valence-corrected chi connectivity index (χ0v) is 24.1. The summed E-state index contributed by atoms with van der Waals surface area (Å²) in [7, 11) is -0.136. The van der Waals surface area contributed by atoms with Crippen molar-refractivity contribution in [2.75, 3.05) is 30.5 Å². The van der Waals surface area contributed by atoms with Gasteiger partial charge in [0, 0.05) is 26.2 Å². The van der Waals surface area contributed by atoms with Crippen molar-refractivity contribution in [3.8, 4) is 0 Å². The topological polar surface area (TPSA) is 102 Å². The highest BCUT2D eigenvalue weighted by Crippen LogP contribution is 2.54. The third-order valence-electron chi connectivity index (χ3n) is 8.80. The average molecular weight is 525 g/mol. The molecule has 2 aromatic rings. The zero-order chi connectivity index (χ0) is 26.4. The van der Waals surface area contributed by atoms with E-state index in [4.69, 9.17) is 29.1 Å². The number of nitrogens with one attached hydrogen (secondary N) is 1. The molecule has 1 amide bonds. The summed E-state index contributed by atoms with van der Waals surface area (Å²) in [5, 5.41) is 3.35. The van der Waals surface area contributed by atoms with Crippen LogP contribution in [0.5, 0.6) is 0 Å². The van der Waals surface area contributed by atoms with Gasteiger partial charge in [0.15, 0.2) is 14.1 Å². The number of fused-ring (bicyclic) bond motifs is 2. The van der Waals surface area contributed by atoms with E-state index in [1.807, 2.05) is 7.05 Å². The van der Waals surface area contributed by atoms with E-state index in [1.54, 1.807) is 17.3 Å². The number of hydrogen-bond acceptors (Lipinski definition) is 8. The molecule has 0 aromatic carbocycles. The minimum atomic E-state index is -2.00. The van der Waals surface area contributed by atoms with Gasteiger partial charge in [-0.15, -0.1) is 0 Å². The predicted molar refractivity (Wildman–Crippen MR) is 146 cm³/mol. The number of rotatable bonds is 6. The Morgan fingerprint density at radius 3 is 2.38 bits per heavy atom. The summed E-state index contributed by atoms with van der Waals surface area (Å²) in [5.41, 5.74) is 0.955. The van der Waals surface area contributed by atoms with Crippen molar-refractivity contribution in [2.24, 2.45) is 0 Å². The van der Waals surface area contributed by atoms with Gasteiger partial charge in [0.25, 0.3) is 0 Å². The maximum absolute atomic E-state index is 14.1. The molecular formula is C27H40N6O3Si. The number of carbonyl (C=O) groups is 1. The molecule has 5 rings (SSSR count). The molecule has 2 aliphatic heterocycles. The molecule has 3 aliphatic rings. The van der Waals surface area contributed by atoms with Crippen molar-refractivity contribution < 1.29 is 14.0 Å². The molecule has 0 radical (unpaired) electrons. The fraction of sp³-hybridized carbons (Fsp3) is 0.667. The van der Waals surface area contributed by atoms with Gasteiger partial charge in [-0.25, -0.2) is 19.9 Å². The first kappa shape index (κ1) is 26.2. The molecule has 10 heteroatoms. The molecule has 0 atom stereocenters.